The molecule has 0 aromatic heterocycles. The Bertz CT molecular complexity index is 346. The molecule has 0 aliphatic heterocycles. The molecule has 1 N–H and O–H groups in total. The van der Waals surface area contributed by atoms with Gasteiger partial charge in [0.05, 0.1) is 0 Å². The summed E-state index contributed by atoms with van der Waals surface area (Å²) in [6, 6.07) is 10.1. The van der Waals surface area contributed by atoms with Crippen LogP contribution < -0.4 is 5.32 Å². The van der Waals surface area contributed by atoms with E-state index in [0.717, 1.165) is 12.0 Å². The van der Waals surface area contributed by atoms with Crippen molar-refractivity contribution >= 4 is 0 Å². The lowest BCUT2D eigenvalue weighted by atomic mass is 9.84. The first-order valence-corrected chi connectivity index (χ1v) is 7.51. The third-order valence-electron chi connectivity index (χ3n) is 4.49. The van der Waals surface area contributed by atoms with Gasteiger partial charge >= 0.3 is 0 Å². The number of benzene rings is 1. The van der Waals surface area contributed by atoms with Gasteiger partial charge in [-0.3, -0.25) is 0 Å². The van der Waals surface area contributed by atoms with Gasteiger partial charge in [0, 0.05) is 12.1 Å². The summed E-state index contributed by atoms with van der Waals surface area (Å²) in [5.74, 6) is 0.984. The standard InChI is InChI=1S/C17H27N/c1-4-15-7-11-17(12-8-15)18-14(3)16-9-5-13(2)6-10-16/h5-6,9-10,14-15,17-18H,4,7-8,11-12H2,1-3H3. The molecule has 1 nitrogen and oxygen atoms in total. The minimum Gasteiger partial charge on any atom is -0.307 e. The van der Waals surface area contributed by atoms with Crippen LogP contribution in [0.3, 0.4) is 0 Å². The molecule has 1 aliphatic carbocycles. The fraction of sp³-hybridized carbons (Fsp3) is 0.647. The molecule has 1 fully saturated rings. The van der Waals surface area contributed by atoms with E-state index in [4.69, 9.17) is 0 Å². The van der Waals surface area contributed by atoms with E-state index >= 15 is 0 Å². The molecule has 0 heterocycles. The summed E-state index contributed by atoms with van der Waals surface area (Å²) in [6.45, 7) is 6.76. The Morgan fingerprint density at radius 2 is 1.72 bits per heavy atom. The average Bonchev–Trinajstić information content (AvgIpc) is 2.40. The second-order valence-corrected chi connectivity index (χ2v) is 5.92. The number of rotatable bonds is 4. The second kappa shape index (κ2) is 6.38. The van der Waals surface area contributed by atoms with Crippen molar-refractivity contribution in [2.45, 2.75) is 65.0 Å². The predicted octanol–water partition coefficient (Wildman–Crippen LogP) is 4.61. The number of hydrogen-bond donors (Lipinski definition) is 1. The average molecular weight is 245 g/mol. The van der Waals surface area contributed by atoms with Crippen LogP contribution in [0.4, 0.5) is 0 Å². The quantitative estimate of drug-likeness (QED) is 0.816. The van der Waals surface area contributed by atoms with Gasteiger partial charge < -0.3 is 5.32 Å². The van der Waals surface area contributed by atoms with Crippen LogP contribution in [0.5, 0.6) is 0 Å². The predicted molar refractivity (Wildman–Crippen MR) is 78.8 cm³/mol. The highest BCUT2D eigenvalue weighted by atomic mass is 14.9. The van der Waals surface area contributed by atoms with E-state index in [1.54, 1.807) is 0 Å². The zero-order chi connectivity index (χ0) is 13.0. The van der Waals surface area contributed by atoms with Crippen LogP contribution in [0.25, 0.3) is 0 Å². The number of aryl methyl sites for hydroxylation is 1. The van der Waals surface area contributed by atoms with Crippen molar-refractivity contribution in [3.8, 4) is 0 Å². The highest BCUT2D eigenvalue weighted by Gasteiger charge is 2.21. The highest BCUT2D eigenvalue weighted by Crippen LogP contribution is 2.28. The van der Waals surface area contributed by atoms with Gasteiger partial charge in [-0.05, 0) is 51.0 Å². The largest absolute Gasteiger partial charge is 0.307 e. The molecule has 1 saturated carbocycles. The summed E-state index contributed by atoms with van der Waals surface area (Å²) in [5, 5.41) is 3.80. The van der Waals surface area contributed by atoms with Crippen molar-refractivity contribution in [3.05, 3.63) is 35.4 Å². The summed E-state index contributed by atoms with van der Waals surface area (Å²) in [5.41, 5.74) is 2.76. The molecule has 0 radical (unpaired) electrons. The fourth-order valence-corrected chi connectivity index (χ4v) is 3.04. The van der Waals surface area contributed by atoms with E-state index in [2.05, 4.69) is 50.4 Å². The maximum absolute atomic E-state index is 3.80. The molecule has 1 aromatic carbocycles. The normalized spacial score (nSPS) is 25.9. The zero-order valence-electron chi connectivity index (χ0n) is 12.1. The molecule has 0 spiro atoms. The lowest BCUT2D eigenvalue weighted by molar-refractivity contribution is 0.273. The second-order valence-electron chi connectivity index (χ2n) is 5.92. The molecule has 18 heavy (non-hydrogen) atoms. The van der Waals surface area contributed by atoms with Gasteiger partial charge in [-0.25, -0.2) is 0 Å². The molecule has 1 atom stereocenters. The smallest absolute Gasteiger partial charge is 0.0294 e. The Hall–Kier alpha value is -0.820. The Labute approximate surface area is 112 Å². The van der Waals surface area contributed by atoms with Crippen molar-refractivity contribution in [2.75, 3.05) is 0 Å². The SMILES string of the molecule is CCC1CCC(NC(C)c2ccc(C)cc2)CC1. The van der Waals surface area contributed by atoms with Crippen LogP contribution in [-0.4, -0.2) is 6.04 Å². The van der Waals surface area contributed by atoms with Gasteiger partial charge in [-0.2, -0.15) is 0 Å². The molecule has 100 valence electrons. The van der Waals surface area contributed by atoms with Crippen LogP contribution >= 0.6 is 0 Å². The minimum absolute atomic E-state index is 0.480. The first-order valence-electron chi connectivity index (χ1n) is 7.51. The summed E-state index contributed by atoms with van der Waals surface area (Å²) in [6.07, 6.45) is 6.90. The molecule has 1 aromatic rings. The first-order chi connectivity index (χ1) is 8.69. The molecular formula is C17H27N. The zero-order valence-corrected chi connectivity index (χ0v) is 12.1. The van der Waals surface area contributed by atoms with E-state index < -0.39 is 0 Å². The van der Waals surface area contributed by atoms with Crippen molar-refractivity contribution in [1.82, 2.24) is 5.32 Å². The van der Waals surface area contributed by atoms with Crippen molar-refractivity contribution in [2.24, 2.45) is 5.92 Å². The van der Waals surface area contributed by atoms with E-state index in [-0.39, 0.29) is 0 Å². The van der Waals surface area contributed by atoms with Gasteiger partial charge in [0.25, 0.3) is 0 Å². The van der Waals surface area contributed by atoms with Gasteiger partial charge in [0.2, 0.25) is 0 Å². The van der Waals surface area contributed by atoms with Crippen LogP contribution in [0.1, 0.15) is 63.1 Å². The molecule has 0 bridgehead atoms. The summed E-state index contributed by atoms with van der Waals surface area (Å²) < 4.78 is 0. The monoisotopic (exact) mass is 245 g/mol. The maximum atomic E-state index is 3.80. The molecular weight excluding hydrogens is 218 g/mol. The topological polar surface area (TPSA) is 12.0 Å². The summed E-state index contributed by atoms with van der Waals surface area (Å²) in [4.78, 5) is 0. The van der Waals surface area contributed by atoms with Crippen molar-refractivity contribution < 1.29 is 0 Å². The Morgan fingerprint density at radius 1 is 1.11 bits per heavy atom. The molecule has 2 rings (SSSR count). The van der Waals surface area contributed by atoms with Gasteiger partial charge in [0.1, 0.15) is 0 Å². The minimum atomic E-state index is 0.480. The third kappa shape index (κ3) is 3.58. The first kappa shape index (κ1) is 13.6. The van der Waals surface area contributed by atoms with Gasteiger partial charge in [-0.1, -0.05) is 43.2 Å². The Morgan fingerprint density at radius 3 is 2.28 bits per heavy atom. The Balaban J connectivity index is 1.84. The van der Waals surface area contributed by atoms with E-state index in [0.29, 0.717) is 6.04 Å². The lowest BCUT2D eigenvalue weighted by Gasteiger charge is -2.31. The summed E-state index contributed by atoms with van der Waals surface area (Å²) >= 11 is 0. The summed E-state index contributed by atoms with van der Waals surface area (Å²) in [7, 11) is 0. The van der Waals surface area contributed by atoms with E-state index in [1.165, 1.54) is 43.2 Å². The Kier molecular flexibility index (Phi) is 4.82. The molecule has 1 heteroatoms. The molecule has 1 aliphatic rings. The van der Waals surface area contributed by atoms with Gasteiger partial charge in [0.15, 0.2) is 0 Å². The van der Waals surface area contributed by atoms with Crippen LogP contribution in [-0.2, 0) is 0 Å². The lowest BCUT2D eigenvalue weighted by Crippen LogP contribution is -2.34. The number of nitrogens with one attached hydrogen (secondary N) is 1. The van der Waals surface area contributed by atoms with E-state index in [1.807, 2.05) is 0 Å². The van der Waals surface area contributed by atoms with E-state index in [9.17, 15) is 0 Å². The van der Waals surface area contributed by atoms with Crippen LogP contribution in [0.2, 0.25) is 0 Å². The van der Waals surface area contributed by atoms with Crippen LogP contribution in [0, 0.1) is 12.8 Å². The fourth-order valence-electron chi connectivity index (χ4n) is 3.04. The third-order valence-corrected chi connectivity index (χ3v) is 4.49. The highest BCUT2D eigenvalue weighted by molar-refractivity contribution is 5.23. The molecule has 0 saturated heterocycles. The molecule has 1 unspecified atom stereocenters. The van der Waals surface area contributed by atoms with Crippen molar-refractivity contribution in [1.29, 1.82) is 0 Å². The molecule has 0 amide bonds. The van der Waals surface area contributed by atoms with Crippen LogP contribution in [0.15, 0.2) is 24.3 Å². The van der Waals surface area contributed by atoms with Crippen molar-refractivity contribution in [3.63, 3.8) is 0 Å². The number of hydrogen-bond acceptors (Lipinski definition) is 1. The van der Waals surface area contributed by atoms with Gasteiger partial charge in [-0.15, -0.1) is 0 Å². The maximum Gasteiger partial charge on any atom is 0.0294 e.